The first-order valence-corrected chi connectivity index (χ1v) is 5.64. The van der Waals surface area contributed by atoms with Gasteiger partial charge in [0.05, 0.1) is 5.60 Å². The van der Waals surface area contributed by atoms with E-state index < -0.39 is 0 Å². The minimum Gasteiger partial charge on any atom is -0.381 e. The molecule has 1 aromatic carbocycles. The van der Waals surface area contributed by atoms with Gasteiger partial charge in [-0.1, -0.05) is 12.1 Å². The minimum absolute atomic E-state index is 0.170. The molecule has 0 radical (unpaired) electrons. The van der Waals surface area contributed by atoms with Crippen molar-refractivity contribution < 1.29 is 9.47 Å². The number of rotatable bonds is 2. The summed E-state index contributed by atoms with van der Waals surface area (Å²) in [5.74, 6) is 0. The molecule has 1 fully saturated rings. The second-order valence-electron chi connectivity index (χ2n) is 3.86. The van der Waals surface area contributed by atoms with E-state index in [4.69, 9.17) is 9.47 Å². The highest BCUT2D eigenvalue weighted by Gasteiger charge is 2.34. The van der Waals surface area contributed by atoms with Crippen molar-refractivity contribution in [3.63, 3.8) is 0 Å². The average Bonchev–Trinajstić information content (AvgIpc) is 2.30. The third-order valence-electron chi connectivity index (χ3n) is 3.06. The number of ether oxygens (including phenoxy) is 2. The molecule has 0 bridgehead atoms. The summed E-state index contributed by atoms with van der Waals surface area (Å²) in [5, 5.41) is 0. The van der Waals surface area contributed by atoms with Gasteiger partial charge in [0.15, 0.2) is 0 Å². The molecule has 3 heteroatoms. The van der Waals surface area contributed by atoms with E-state index in [9.17, 15) is 0 Å². The molecular weight excluding hydrogens is 208 g/mol. The van der Waals surface area contributed by atoms with Gasteiger partial charge in [0.1, 0.15) is 0 Å². The molecule has 0 amide bonds. The summed E-state index contributed by atoms with van der Waals surface area (Å²) in [6.45, 7) is 1.54. The predicted molar refractivity (Wildman–Crippen MR) is 62.4 cm³/mol. The van der Waals surface area contributed by atoms with Crippen LogP contribution in [0.1, 0.15) is 18.4 Å². The van der Waals surface area contributed by atoms with Crippen LogP contribution in [0.3, 0.4) is 0 Å². The molecule has 1 aliphatic heterocycles. The maximum atomic E-state index is 5.71. The van der Waals surface area contributed by atoms with Crippen molar-refractivity contribution in [3.8, 4) is 0 Å². The van der Waals surface area contributed by atoms with E-state index in [1.165, 1.54) is 5.56 Å². The van der Waals surface area contributed by atoms with Crippen LogP contribution in [-0.2, 0) is 15.1 Å². The van der Waals surface area contributed by atoms with E-state index in [2.05, 4.69) is 24.8 Å². The Morgan fingerprint density at radius 2 is 2.07 bits per heavy atom. The Morgan fingerprint density at radius 3 is 2.67 bits per heavy atom. The van der Waals surface area contributed by atoms with Crippen LogP contribution in [0.5, 0.6) is 0 Å². The third-order valence-corrected chi connectivity index (χ3v) is 3.34. The lowest BCUT2D eigenvalue weighted by molar-refractivity contribution is -0.0948. The maximum Gasteiger partial charge on any atom is 0.0971 e. The molecule has 15 heavy (non-hydrogen) atoms. The van der Waals surface area contributed by atoms with Crippen LogP contribution >= 0.6 is 12.6 Å². The van der Waals surface area contributed by atoms with E-state index in [-0.39, 0.29) is 5.60 Å². The molecule has 0 atom stereocenters. The van der Waals surface area contributed by atoms with Crippen molar-refractivity contribution in [1.82, 2.24) is 0 Å². The summed E-state index contributed by atoms with van der Waals surface area (Å²) >= 11 is 4.36. The van der Waals surface area contributed by atoms with Gasteiger partial charge in [-0.3, -0.25) is 0 Å². The van der Waals surface area contributed by atoms with E-state index in [1.807, 2.05) is 12.1 Å². The van der Waals surface area contributed by atoms with Crippen molar-refractivity contribution >= 4 is 12.6 Å². The van der Waals surface area contributed by atoms with Gasteiger partial charge in [0.2, 0.25) is 0 Å². The third kappa shape index (κ3) is 2.19. The lowest BCUT2D eigenvalue weighted by Crippen LogP contribution is -2.35. The van der Waals surface area contributed by atoms with Crippen LogP contribution < -0.4 is 0 Å². The number of hydrogen-bond acceptors (Lipinski definition) is 3. The van der Waals surface area contributed by atoms with Crippen LogP contribution in [0.2, 0.25) is 0 Å². The summed E-state index contributed by atoms with van der Waals surface area (Å²) in [6, 6.07) is 8.19. The van der Waals surface area contributed by atoms with Crippen LogP contribution in [0, 0.1) is 0 Å². The zero-order valence-corrected chi connectivity index (χ0v) is 9.80. The molecule has 0 spiro atoms. The monoisotopic (exact) mass is 224 g/mol. The molecule has 0 aromatic heterocycles. The first-order valence-electron chi connectivity index (χ1n) is 5.19. The van der Waals surface area contributed by atoms with Crippen LogP contribution in [0.25, 0.3) is 0 Å². The fourth-order valence-corrected chi connectivity index (χ4v) is 2.33. The second kappa shape index (κ2) is 4.56. The number of benzene rings is 1. The summed E-state index contributed by atoms with van der Waals surface area (Å²) in [7, 11) is 1.77. The lowest BCUT2D eigenvalue weighted by Gasteiger charge is -2.36. The molecule has 0 unspecified atom stereocenters. The molecule has 1 saturated heterocycles. The van der Waals surface area contributed by atoms with Crippen molar-refractivity contribution in [2.45, 2.75) is 23.3 Å². The molecule has 0 saturated carbocycles. The van der Waals surface area contributed by atoms with Crippen LogP contribution in [0.4, 0.5) is 0 Å². The largest absolute Gasteiger partial charge is 0.381 e. The molecule has 82 valence electrons. The molecular formula is C12H16O2S. The normalized spacial score (nSPS) is 20.1. The Bertz CT molecular complexity index is 332. The topological polar surface area (TPSA) is 18.5 Å². The highest BCUT2D eigenvalue weighted by Crippen LogP contribution is 2.35. The summed E-state index contributed by atoms with van der Waals surface area (Å²) in [4.78, 5) is 0.982. The van der Waals surface area contributed by atoms with Crippen LogP contribution in [-0.4, -0.2) is 20.3 Å². The van der Waals surface area contributed by atoms with E-state index >= 15 is 0 Å². The molecule has 1 aromatic rings. The number of methoxy groups -OCH3 is 1. The first-order chi connectivity index (χ1) is 7.27. The minimum atomic E-state index is -0.170. The van der Waals surface area contributed by atoms with E-state index in [1.54, 1.807) is 7.11 Å². The van der Waals surface area contributed by atoms with Gasteiger partial charge in [-0.25, -0.2) is 0 Å². The Morgan fingerprint density at radius 1 is 1.33 bits per heavy atom. The smallest absolute Gasteiger partial charge is 0.0971 e. The zero-order chi connectivity index (χ0) is 10.7. The van der Waals surface area contributed by atoms with E-state index in [0.29, 0.717) is 0 Å². The van der Waals surface area contributed by atoms with Crippen molar-refractivity contribution in [3.05, 3.63) is 29.8 Å². The summed E-state index contributed by atoms with van der Waals surface area (Å²) in [5.41, 5.74) is 1.04. The highest BCUT2D eigenvalue weighted by molar-refractivity contribution is 7.80. The highest BCUT2D eigenvalue weighted by atomic mass is 32.1. The summed E-state index contributed by atoms with van der Waals surface area (Å²) in [6.07, 6.45) is 1.83. The lowest BCUT2D eigenvalue weighted by atomic mass is 9.86. The quantitative estimate of drug-likeness (QED) is 0.778. The predicted octanol–water partition coefficient (Wildman–Crippen LogP) is 2.63. The van der Waals surface area contributed by atoms with Crippen LogP contribution in [0.15, 0.2) is 29.2 Å². The Kier molecular flexibility index (Phi) is 3.34. The average molecular weight is 224 g/mol. The van der Waals surface area contributed by atoms with Gasteiger partial charge < -0.3 is 9.47 Å². The molecule has 2 rings (SSSR count). The van der Waals surface area contributed by atoms with Gasteiger partial charge >= 0.3 is 0 Å². The fourth-order valence-electron chi connectivity index (χ4n) is 2.10. The Labute approximate surface area is 96.0 Å². The van der Waals surface area contributed by atoms with Gasteiger partial charge in [-0.2, -0.15) is 0 Å². The fraction of sp³-hybridized carbons (Fsp3) is 0.500. The van der Waals surface area contributed by atoms with Gasteiger partial charge in [0, 0.05) is 38.1 Å². The second-order valence-corrected chi connectivity index (χ2v) is 4.38. The SMILES string of the molecule is COC1(c2cccc(S)c2)CCOCC1. The van der Waals surface area contributed by atoms with Crippen molar-refractivity contribution in [2.75, 3.05) is 20.3 Å². The maximum absolute atomic E-state index is 5.71. The van der Waals surface area contributed by atoms with Crippen molar-refractivity contribution in [2.24, 2.45) is 0 Å². The number of thiol groups is 1. The molecule has 0 N–H and O–H groups in total. The zero-order valence-electron chi connectivity index (χ0n) is 8.90. The Hall–Kier alpha value is -0.510. The molecule has 1 heterocycles. The van der Waals surface area contributed by atoms with Gasteiger partial charge in [0.25, 0.3) is 0 Å². The first kappa shape index (κ1) is 11.0. The van der Waals surface area contributed by atoms with E-state index in [0.717, 1.165) is 31.0 Å². The standard InChI is InChI=1S/C12H16O2S/c1-13-12(5-7-14-8-6-12)10-3-2-4-11(15)9-10/h2-4,9,15H,5-8H2,1H3. The van der Waals surface area contributed by atoms with Gasteiger partial charge in [-0.15, -0.1) is 12.6 Å². The van der Waals surface area contributed by atoms with Gasteiger partial charge in [-0.05, 0) is 17.7 Å². The van der Waals surface area contributed by atoms with Crippen molar-refractivity contribution in [1.29, 1.82) is 0 Å². The number of hydrogen-bond donors (Lipinski definition) is 1. The summed E-state index contributed by atoms with van der Waals surface area (Å²) < 4.78 is 11.1. The molecule has 1 aliphatic rings. The molecule has 0 aliphatic carbocycles. The Balaban J connectivity index is 2.32. The molecule has 2 nitrogen and oxygen atoms in total.